The third-order valence-corrected chi connectivity index (χ3v) is 3.37. The molecule has 0 aromatic carbocycles. The molecule has 1 aliphatic rings. The molecule has 4 nitrogen and oxygen atoms in total. The van der Waals surface area contributed by atoms with E-state index < -0.39 is 0 Å². The van der Waals surface area contributed by atoms with E-state index in [4.69, 9.17) is 4.74 Å². The maximum atomic E-state index is 11.8. The van der Waals surface area contributed by atoms with Crippen LogP contribution in [0.25, 0.3) is 0 Å². The van der Waals surface area contributed by atoms with Crippen LogP contribution in [0.2, 0.25) is 0 Å². The molecule has 0 N–H and O–H groups in total. The van der Waals surface area contributed by atoms with Crippen LogP contribution in [-0.4, -0.2) is 42.1 Å². The topological polar surface area (TPSA) is 42.4 Å². The van der Waals surface area contributed by atoms with Crippen LogP contribution in [0.1, 0.15) is 24.8 Å². The Balaban J connectivity index is 1.65. The van der Waals surface area contributed by atoms with Gasteiger partial charge >= 0.3 is 5.97 Å². The van der Waals surface area contributed by atoms with E-state index in [0.717, 1.165) is 32.2 Å². The van der Waals surface area contributed by atoms with Crippen molar-refractivity contribution in [2.45, 2.75) is 31.7 Å². The number of ether oxygens (including phenoxy) is 1. The first kappa shape index (κ1) is 13.0. The van der Waals surface area contributed by atoms with Gasteiger partial charge in [-0.1, -0.05) is 6.07 Å². The third kappa shape index (κ3) is 3.53. The molecule has 0 bridgehead atoms. The lowest BCUT2D eigenvalue weighted by molar-refractivity contribution is -0.148. The minimum absolute atomic E-state index is 0.0246. The standard InChI is InChI=1S/C14H20N2O2/c1-16-9-3-7-13(16)14(17)18-10-4-6-12-5-2-8-15-11-12/h2,5,8,11,13H,3-4,6-7,9-10H2,1H3. The summed E-state index contributed by atoms with van der Waals surface area (Å²) < 4.78 is 5.32. The van der Waals surface area contributed by atoms with Crippen molar-refractivity contribution >= 4 is 5.97 Å². The Hall–Kier alpha value is -1.42. The van der Waals surface area contributed by atoms with Crippen molar-refractivity contribution < 1.29 is 9.53 Å². The number of hydrogen-bond acceptors (Lipinski definition) is 4. The van der Waals surface area contributed by atoms with E-state index in [1.54, 1.807) is 6.20 Å². The van der Waals surface area contributed by atoms with Gasteiger partial charge in [-0.05, 0) is 50.9 Å². The molecule has 98 valence electrons. The molecule has 0 saturated carbocycles. The molecule has 1 aromatic rings. The van der Waals surface area contributed by atoms with Crippen LogP contribution >= 0.6 is 0 Å². The number of carbonyl (C=O) groups is 1. The maximum Gasteiger partial charge on any atom is 0.323 e. The van der Waals surface area contributed by atoms with Crippen molar-refractivity contribution in [2.24, 2.45) is 0 Å². The van der Waals surface area contributed by atoms with Crippen LogP contribution < -0.4 is 0 Å². The molecule has 18 heavy (non-hydrogen) atoms. The smallest absolute Gasteiger partial charge is 0.323 e. The summed E-state index contributed by atoms with van der Waals surface area (Å²) in [5.74, 6) is -0.0683. The Morgan fingerprint density at radius 1 is 1.61 bits per heavy atom. The van der Waals surface area contributed by atoms with Crippen LogP contribution in [0.4, 0.5) is 0 Å². The van der Waals surface area contributed by atoms with Gasteiger partial charge in [0.2, 0.25) is 0 Å². The highest BCUT2D eigenvalue weighted by Crippen LogP contribution is 2.16. The van der Waals surface area contributed by atoms with Gasteiger partial charge in [-0.2, -0.15) is 0 Å². The van der Waals surface area contributed by atoms with E-state index in [0.29, 0.717) is 6.61 Å². The normalized spacial score (nSPS) is 19.9. The first-order valence-electron chi connectivity index (χ1n) is 6.53. The lowest BCUT2D eigenvalue weighted by atomic mass is 10.2. The first-order chi connectivity index (χ1) is 8.77. The summed E-state index contributed by atoms with van der Waals surface area (Å²) in [6.07, 6.45) is 7.39. The SMILES string of the molecule is CN1CCCC1C(=O)OCCCc1cccnc1. The fourth-order valence-electron chi connectivity index (χ4n) is 2.30. The summed E-state index contributed by atoms with van der Waals surface area (Å²) in [7, 11) is 1.98. The number of aromatic nitrogens is 1. The van der Waals surface area contributed by atoms with Gasteiger partial charge in [-0.15, -0.1) is 0 Å². The van der Waals surface area contributed by atoms with Gasteiger partial charge in [0.05, 0.1) is 6.61 Å². The Kier molecular flexibility index (Phi) is 4.70. The molecule has 1 fully saturated rings. The summed E-state index contributed by atoms with van der Waals surface area (Å²) in [4.78, 5) is 17.9. The highest BCUT2D eigenvalue weighted by Gasteiger charge is 2.28. The van der Waals surface area contributed by atoms with Crippen molar-refractivity contribution in [1.82, 2.24) is 9.88 Å². The third-order valence-electron chi connectivity index (χ3n) is 3.37. The van der Waals surface area contributed by atoms with Crippen LogP contribution in [0.5, 0.6) is 0 Å². The lowest BCUT2D eigenvalue weighted by Gasteiger charge is -2.17. The molecule has 1 aliphatic heterocycles. The molecule has 1 atom stereocenters. The molecule has 1 unspecified atom stereocenters. The average molecular weight is 248 g/mol. The molecule has 1 saturated heterocycles. The number of hydrogen-bond donors (Lipinski definition) is 0. The van der Waals surface area contributed by atoms with Gasteiger partial charge in [0.15, 0.2) is 0 Å². The molecule has 0 radical (unpaired) electrons. The molecule has 1 aromatic heterocycles. The monoisotopic (exact) mass is 248 g/mol. The highest BCUT2D eigenvalue weighted by molar-refractivity contribution is 5.76. The van der Waals surface area contributed by atoms with Crippen molar-refractivity contribution in [3.63, 3.8) is 0 Å². The maximum absolute atomic E-state index is 11.8. The van der Waals surface area contributed by atoms with Gasteiger partial charge in [-0.3, -0.25) is 14.7 Å². The quantitative estimate of drug-likeness (QED) is 0.587. The molecule has 0 spiro atoms. The molecule has 2 rings (SSSR count). The Bertz CT molecular complexity index is 381. The zero-order chi connectivity index (χ0) is 12.8. The van der Waals surface area contributed by atoms with E-state index in [1.807, 2.05) is 25.4 Å². The number of pyridine rings is 1. The second kappa shape index (κ2) is 6.50. The van der Waals surface area contributed by atoms with Gasteiger partial charge in [0.25, 0.3) is 0 Å². The van der Waals surface area contributed by atoms with Crippen LogP contribution in [0, 0.1) is 0 Å². The summed E-state index contributed by atoms with van der Waals surface area (Å²) in [6, 6.07) is 3.94. The van der Waals surface area contributed by atoms with E-state index >= 15 is 0 Å². The number of aryl methyl sites for hydroxylation is 1. The van der Waals surface area contributed by atoms with Crippen LogP contribution in [0.3, 0.4) is 0 Å². The second-order valence-electron chi connectivity index (χ2n) is 4.77. The van der Waals surface area contributed by atoms with Crippen molar-refractivity contribution in [3.05, 3.63) is 30.1 Å². The fraction of sp³-hybridized carbons (Fsp3) is 0.571. The predicted octanol–water partition coefficient (Wildman–Crippen LogP) is 1.65. The van der Waals surface area contributed by atoms with Gasteiger partial charge in [-0.25, -0.2) is 0 Å². The molecule has 0 amide bonds. The van der Waals surface area contributed by atoms with E-state index in [1.165, 1.54) is 5.56 Å². The van der Waals surface area contributed by atoms with Crippen molar-refractivity contribution in [1.29, 1.82) is 0 Å². The Morgan fingerprint density at radius 3 is 3.17 bits per heavy atom. The fourth-order valence-corrected chi connectivity index (χ4v) is 2.30. The number of nitrogens with zero attached hydrogens (tertiary/aromatic N) is 2. The molecule has 4 heteroatoms. The Morgan fingerprint density at radius 2 is 2.50 bits per heavy atom. The molecule has 0 aliphatic carbocycles. The minimum atomic E-state index is -0.0683. The van der Waals surface area contributed by atoms with Crippen molar-refractivity contribution in [2.75, 3.05) is 20.2 Å². The van der Waals surface area contributed by atoms with Gasteiger partial charge in [0.1, 0.15) is 6.04 Å². The molecule has 2 heterocycles. The number of carbonyl (C=O) groups excluding carboxylic acids is 1. The van der Waals surface area contributed by atoms with Gasteiger partial charge in [0, 0.05) is 12.4 Å². The number of likely N-dealkylation sites (N-methyl/N-ethyl adjacent to an activating group) is 1. The van der Waals surface area contributed by atoms with Crippen LogP contribution in [-0.2, 0) is 16.0 Å². The zero-order valence-corrected chi connectivity index (χ0v) is 10.8. The Labute approximate surface area is 108 Å². The zero-order valence-electron chi connectivity index (χ0n) is 10.8. The van der Waals surface area contributed by atoms with Crippen molar-refractivity contribution in [3.8, 4) is 0 Å². The largest absolute Gasteiger partial charge is 0.465 e. The first-order valence-corrected chi connectivity index (χ1v) is 6.53. The van der Waals surface area contributed by atoms with E-state index in [9.17, 15) is 4.79 Å². The highest BCUT2D eigenvalue weighted by atomic mass is 16.5. The summed E-state index contributed by atoms with van der Waals surface area (Å²) in [5, 5.41) is 0. The number of rotatable bonds is 5. The predicted molar refractivity (Wildman–Crippen MR) is 69.2 cm³/mol. The summed E-state index contributed by atoms with van der Waals surface area (Å²) in [6.45, 7) is 1.49. The second-order valence-corrected chi connectivity index (χ2v) is 4.77. The molecular weight excluding hydrogens is 228 g/mol. The lowest BCUT2D eigenvalue weighted by Crippen LogP contribution is -2.34. The van der Waals surface area contributed by atoms with E-state index in [-0.39, 0.29) is 12.0 Å². The number of likely N-dealkylation sites (tertiary alicyclic amines) is 1. The average Bonchev–Trinajstić information content (AvgIpc) is 2.82. The number of esters is 1. The summed E-state index contributed by atoms with van der Waals surface area (Å²) >= 11 is 0. The van der Waals surface area contributed by atoms with Crippen LogP contribution in [0.15, 0.2) is 24.5 Å². The molecular formula is C14H20N2O2. The summed E-state index contributed by atoms with van der Waals surface area (Å²) in [5.41, 5.74) is 1.19. The minimum Gasteiger partial charge on any atom is -0.465 e. The van der Waals surface area contributed by atoms with E-state index in [2.05, 4.69) is 9.88 Å². The van der Waals surface area contributed by atoms with Gasteiger partial charge < -0.3 is 4.74 Å².